The number of thioether (sulfide) groups is 1. The fraction of sp³-hybridized carbons (Fsp3) is 0.167. The molecule has 1 aromatic heterocycles. The summed E-state index contributed by atoms with van der Waals surface area (Å²) in [5.74, 6) is 0.873. The van der Waals surface area contributed by atoms with Crippen LogP contribution in [0.25, 0.3) is 0 Å². The van der Waals surface area contributed by atoms with Crippen LogP contribution in [0.5, 0.6) is 0 Å². The van der Waals surface area contributed by atoms with E-state index in [4.69, 9.17) is 0 Å². The van der Waals surface area contributed by atoms with Crippen molar-refractivity contribution in [1.29, 1.82) is 0 Å². The third kappa shape index (κ3) is 2.59. The second kappa shape index (κ2) is 6.13. The van der Waals surface area contributed by atoms with Crippen molar-refractivity contribution < 1.29 is 4.79 Å². The normalized spacial score (nSPS) is 19.4. The smallest absolute Gasteiger partial charge is 0.210 e. The highest BCUT2D eigenvalue weighted by Crippen LogP contribution is 2.38. The number of aryl methyl sites for hydroxylation is 1. The highest BCUT2D eigenvalue weighted by atomic mass is 32.2. The molecule has 0 saturated heterocycles. The van der Waals surface area contributed by atoms with Crippen LogP contribution in [0, 0.1) is 6.92 Å². The van der Waals surface area contributed by atoms with Gasteiger partial charge in [-0.05, 0) is 12.5 Å². The second-order valence-electron chi connectivity index (χ2n) is 5.65. The Morgan fingerprint density at radius 3 is 2.42 bits per heavy atom. The van der Waals surface area contributed by atoms with E-state index in [1.807, 2.05) is 72.3 Å². The first kappa shape index (κ1) is 15.0. The first-order valence-corrected chi connectivity index (χ1v) is 8.61. The predicted molar refractivity (Wildman–Crippen MR) is 93.7 cm³/mol. The first-order chi connectivity index (χ1) is 11.7. The number of hydrogen-bond acceptors (Lipinski definition) is 5. The van der Waals surface area contributed by atoms with Gasteiger partial charge in [0.05, 0.1) is 6.04 Å². The van der Waals surface area contributed by atoms with E-state index in [1.54, 1.807) is 0 Å². The first-order valence-electron chi connectivity index (χ1n) is 7.73. The summed E-state index contributed by atoms with van der Waals surface area (Å²) in [4.78, 5) is 13.1. The summed E-state index contributed by atoms with van der Waals surface area (Å²) in [5, 5.41) is 8.70. The number of ketones is 1. The Labute approximate surface area is 144 Å². The molecule has 0 amide bonds. The lowest BCUT2D eigenvalue weighted by atomic mass is 9.97. The molecule has 5 nitrogen and oxygen atoms in total. The molecule has 120 valence electrons. The number of Topliss-reactive ketones (excluding diaryl/α,β-unsaturated/α-hetero) is 1. The molecule has 6 heteroatoms. The van der Waals surface area contributed by atoms with Gasteiger partial charge in [-0.2, -0.15) is 0 Å². The van der Waals surface area contributed by atoms with Crippen LogP contribution in [0.2, 0.25) is 0 Å². The summed E-state index contributed by atoms with van der Waals surface area (Å²) in [5.41, 5.74) is 5.19. The average molecular weight is 336 g/mol. The van der Waals surface area contributed by atoms with Gasteiger partial charge in [0.2, 0.25) is 5.16 Å². The number of carbonyl (C=O) groups is 1. The van der Waals surface area contributed by atoms with Crippen molar-refractivity contribution in [3.63, 3.8) is 0 Å². The van der Waals surface area contributed by atoms with Crippen molar-refractivity contribution in [3.8, 4) is 0 Å². The molecule has 0 saturated carbocycles. The number of hydrogen-bond donors (Lipinski definition) is 1. The summed E-state index contributed by atoms with van der Waals surface area (Å²) in [6.45, 7) is 1.89. The van der Waals surface area contributed by atoms with Crippen LogP contribution in [-0.2, 0) is 0 Å². The molecule has 4 rings (SSSR count). The Balaban J connectivity index is 1.76. The maximum atomic E-state index is 13.1. The number of benzene rings is 2. The van der Waals surface area contributed by atoms with Gasteiger partial charge in [-0.25, -0.2) is 4.68 Å². The molecule has 1 N–H and O–H groups in total. The SMILES string of the molecule is Cc1nnc2n1N[C@H](c1ccccc1)[C@@H](C(=O)c1ccccc1)S2. The maximum Gasteiger partial charge on any atom is 0.210 e. The van der Waals surface area contributed by atoms with Crippen molar-refractivity contribution in [2.45, 2.75) is 23.4 Å². The molecule has 1 aliphatic rings. The van der Waals surface area contributed by atoms with Gasteiger partial charge in [0.1, 0.15) is 11.1 Å². The molecule has 24 heavy (non-hydrogen) atoms. The minimum absolute atomic E-state index is 0.0915. The van der Waals surface area contributed by atoms with Gasteiger partial charge in [0.25, 0.3) is 0 Å². The Hall–Kier alpha value is -2.60. The van der Waals surface area contributed by atoms with E-state index in [1.165, 1.54) is 11.8 Å². The van der Waals surface area contributed by atoms with Gasteiger partial charge in [0.15, 0.2) is 5.78 Å². The standard InChI is InChI=1S/C18H16N4OS/c1-12-19-20-18-22(12)21-15(13-8-4-2-5-9-13)17(24-18)16(23)14-10-6-3-7-11-14/h2-11,15,17,21H,1H3/t15-,17+/m1/s1. The van der Waals surface area contributed by atoms with Gasteiger partial charge >= 0.3 is 0 Å². The molecule has 3 aromatic rings. The van der Waals surface area contributed by atoms with Crippen LogP contribution in [-0.4, -0.2) is 25.9 Å². The largest absolute Gasteiger partial charge is 0.313 e. The van der Waals surface area contributed by atoms with Gasteiger partial charge < -0.3 is 5.43 Å². The zero-order chi connectivity index (χ0) is 16.5. The zero-order valence-corrected chi connectivity index (χ0v) is 13.9. The zero-order valence-electron chi connectivity index (χ0n) is 13.1. The molecule has 2 aromatic carbocycles. The van der Waals surface area contributed by atoms with Crippen LogP contribution < -0.4 is 5.43 Å². The highest BCUT2D eigenvalue weighted by molar-refractivity contribution is 8.00. The molecule has 0 spiro atoms. The van der Waals surface area contributed by atoms with Crippen molar-refractivity contribution in [1.82, 2.24) is 14.9 Å². The van der Waals surface area contributed by atoms with Crippen LogP contribution in [0.4, 0.5) is 0 Å². The van der Waals surface area contributed by atoms with E-state index < -0.39 is 0 Å². The highest BCUT2D eigenvalue weighted by Gasteiger charge is 2.37. The summed E-state index contributed by atoms with van der Waals surface area (Å²) < 4.78 is 1.86. The molecule has 2 atom stereocenters. The third-order valence-electron chi connectivity index (χ3n) is 4.07. The molecular weight excluding hydrogens is 320 g/mol. The van der Waals surface area contributed by atoms with Crippen molar-refractivity contribution in [2.24, 2.45) is 0 Å². The van der Waals surface area contributed by atoms with Crippen LogP contribution in [0.1, 0.15) is 27.8 Å². The molecule has 0 fully saturated rings. The lowest BCUT2D eigenvalue weighted by Gasteiger charge is -2.32. The Bertz CT molecular complexity index is 863. The summed E-state index contributed by atoms with van der Waals surface area (Å²) in [7, 11) is 0. The second-order valence-corrected chi connectivity index (χ2v) is 6.76. The Morgan fingerprint density at radius 1 is 1.04 bits per heavy atom. The fourth-order valence-electron chi connectivity index (χ4n) is 2.84. The number of nitrogens with one attached hydrogen (secondary N) is 1. The molecule has 0 radical (unpaired) electrons. The molecule has 1 aliphatic heterocycles. The third-order valence-corrected chi connectivity index (χ3v) is 5.29. The minimum Gasteiger partial charge on any atom is -0.313 e. The van der Waals surface area contributed by atoms with Crippen molar-refractivity contribution in [2.75, 3.05) is 5.43 Å². The van der Waals surface area contributed by atoms with Gasteiger partial charge in [0, 0.05) is 5.56 Å². The van der Waals surface area contributed by atoms with E-state index in [0.29, 0.717) is 10.7 Å². The minimum atomic E-state index is -0.300. The van der Waals surface area contributed by atoms with Crippen molar-refractivity contribution >= 4 is 17.5 Å². The molecule has 2 heterocycles. The van der Waals surface area contributed by atoms with E-state index >= 15 is 0 Å². The van der Waals surface area contributed by atoms with E-state index in [-0.39, 0.29) is 17.1 Å². The number of nitrogens with zero attached hydrogens (tertiary/aromatic N) is 3. The van der Waals surface area contributed by atoms with Gasteiger partial charge in [-0.1, -0.05) is 72.4 Å². The number of carbonyl (C=O) groups excluding carboxylic acids is 1. The molecule has 0 aliphatic carbocycles. The van der Waals surface area contributed by atoms with Crippen LogP contribution in [0.3, 0.4) is 0 Å². The van der Waals surface area contributed by atoms with Gasteiger partial charge in [-0.3, -0.25) is 4.79 Å². The number of fused-ring (bicyclic) bond motifs is 1. The predicted octanol–water partition coefficient (Wildman–Crippen LogP) is 3.23. The summed E-state index contributed by atoms with van der Waals surface area (Å²) >= 11 is 1.46. The lowest BCUT2D eigenvalue weighted by Crippen LogP contribution is -2.39. The average Bonchev–Trinajstić information content (AvgIpc) is 3.02. The Morgan fingerprint density at radius 2 is 1.71 bits per heavy atom. The van der Waals surface area contributed by atoms with E-state index in [0.717, 1.165) is 11.4 Å². The number of rotatable bonds is 3. The molecule has 0 unspecified atom stereocenters. The monoisotopic (exact) mass is 336 g/mol. The molecular formula is C18H16N4OS. The van der Waals surface area contributed by atoms with Gasteiger partial charge in [-0.15, -0.1) is 10.2 Å². The van der Waals surface area contributed by atoms with Crippen LogP contribution >= 0.6 is 11.8 Å². The summed E-state index contributed by atoms with van der Waals surface area (Å²) in [6.07, 6.45) is 0. The quantitative estimate of drug-likeness (QED) is 0.744. The fourth-order valence-corrected chi connectivity index (χ4v) is 4.04. The van der Waals surface area contributed by atoms with E-state index in [2.05, 4.69) is 15.6 Å². The lowest BCUT2D eigenvalue weighted by molar-refractivity contribution is 0.0980. The summed E-state index contributed by atoms with van der Waals surface area (Å²) in [6, 6.07) is 19.3. The topological polar surface area (TPSA) is 59.8 Å². The van der Waals surface area contributed by atoms with Crippen LogP contribution in [0.15, 0.2) is 65.8 Å². The Kier molecular flexibility index (Phi) is 3.82. The maximum absolute atomic E-state index is 13.1. The number of aromatic nitrogens is 3. The molecule has 0 bridgehead atoms. The van der Waals surface area contributed by atoms with E-state index in [9.17, 15) is 4.79 Å². The van der Waals surface area contributed by atoms with Crippen molar-refractivity contribution in [3.05, 3.63) is 77.6 Å².